The van der Waals surface area contributed by atoms with E-state index >= 15 is 0 Å². The molecule has 1 radical (unpaired) electrons. The van der Waals surface area contributed by atoms with Gasteiger partial charge in [-0.05, 0) is 23.8 Å². The van der Waals surface area contributed by atoms with Crippen molar-refractivity contribution in [3.63, 3.8) is 0 Å². The minimum absolute atomic E-state index is 0.302. The third-order valence-electron chi connectivity index (χ3n) is 2.23. The molecule has 0 saturated carbocycles. The van der Waals surface area contributed by atoms with Crippen LogP contribution >= 0.6 is 11.6 Å². The largest absolute Gasteiger partial charge is 0.229 e. The van der Waals surface area contributed by atoms with Crippen LogP contribution < -0.4 is 0 Å². The van der Waals surface area contributed by atoms with Gasteiger partial charge in [-0.15, -0.1) is 0 Å². The molecule has 6 heteroatoms. The summed E-state index contributed by atoms with van der Waals surface area (Å²) in [7, 11) is 0. The Morgan fingerprint density at radius 2 is 2.19 bits per heavy atom. The van der Waals surface area contributed by atoms with Crippen LogP contribution in [0.3, 0.4) is 0 Å². The van der Waals surface area contributed by atoms with E-state index in [1.807, 2.05) is 0 Å². The lowest BCUT2D eigenvalue weighted by Crippen LogP contribution is -2.34. The van der Waals surface area contributed by atoms with Crippen LogP contribution in [0.4, 0.5) is 8.78 Å². The van der Waals surface area contributed by atoms with Crippen LogP contribution in [0.1, 0.15) is 5.69 Å². The molecule has 0 amide bonds. The predicted octanol–water partition coefficient (Wildman–Crippen LogP) is 2.36. The first-order valence-corrected chi connectivity index (χ1v) is 4.81. The van der Waals surface area contributed by atoms with Gasteiger partial charge in [-0.3, -0.25) is 0 Å². The number of allylic oxidation sites excluding steroid dienone is 2. The fourth-order valence-electron chi connectivity index (χ4n) is 1.42. The lowest BCUT2D eigenvalue weighted by Gasteiger charge is -2.25. The smallest absolute Gasteiger partial charge is 0.222 e. The highest BCUT2D eigenvalue weighted by atomic mass is 35.5. The molecular weight excluding hydrogens is 238 g/mol. The molecule has 0 bridgehead atoms. The average molecular weight is 244 g/mol. The Balaban J connectivity index is 2.54. The van der Waals surface area contributed by atoms with Crippen molar-refractivity contribution in [2.45, 2.75) is 11.8 Å². The molecule has 2 atom stereocenters. The monoisotopic (exact) mass is 243 g/mol. The maximum atomic E-state index is 14.3. The molecule has 83 valence electrons. The quantitative estimate of drug-likeness (QED) is 0.711. The molecule has 0 aliphatic heterocycles. The number of nitrogens with zero attached hydrogens (tertiary/aromatic N) is 2. The summed E-state index contributed by atoms with van der Waals surface area (Å²) in [4.78, 5) is 6.80. The summed E-state index contributed by atoms with van der Waals surface area (Å²) in [5.74, 6) is -0.993. The van der Waals surface area contributed by atoms with Gasteiger partial charge in [0.15, 0.2) is 11.9 Å². The Kier molecular flexibility index (Phi) is 2.73. The fraction of sp³-hybridized carbons (Fsp3) is 0.200. The normalized spacial score (nSPS) is 28.4. The Morgan fingerprint density at radius 3 is 2.88 bits per heavy atom. The van der Waals surface area contributed by atoms with Gasteiger partial charge in [0.05, 0.1) is 6.20 Å². The summed E-state index contributed by atoms with van der Waals surface area (Å²) in [5.41, 5.74) is -3.15. The summed E-state index contributed by atoms with van der Waals surface area (Å²) in [6.07, 6.45) is 3.77. The van der Waals surface area contributed by atoms with Gasteiger partial charge in [0.25, 0.3) is 0 Å². The number of aromatic nitrogens is 2. The molecule has 2 unspecified atom stereocenters. The van der Waals surface area contributed by atoms with E-state index in [1.54, 1.807) is 0 Å². The maximum absolute atomic E-state index is 14.3. The first-order chi connectivity index (χ1) is 7.54. The van der Waals surface area contributed by atoms with E-state index in [0.29, 0.717) is 0 Å². The highest BCUT2D eigenvalue weighted by molar-refractivity contribution is 6.28. The van der Waals surface area contributed by atoms with Crippen molar-refractivity contribution in [3.05, 3.63) is 47.3 Å². The van der Waals surface area contributed by atoms with Crippen molar-refractivity contribution in [1.82, 2.24) is 9.97 Å². The molecule has 1 heterocycles. The first-order valence-electron chi connectivity index (χ1n) is 4.43. The minimum Gasteiger partial charge on any atom is -0.229 e. The van der Waals surface area contributed by atoms with Crippen molar-refractivity contribution < 1.29 is 13.9 Å². The molecular formula is C10H6ClF2N2O. The van der Waals surface area contributed by atoms with Gasteiger partial charge in [0.2, 0.25) is 11.0 Å². The third-order valence-corrected chi connectivity index (χ3v) is 2.41. The zero-order valence-corrected chi connectivity index (χ0v) is 8.66. The standard InChI is InChI=1S/C10H6ClF2N2O/c11-9-14-5-6(12)8(15-9)10(13)4-2-1-3-7(10)16/h1-5,7H. The molecule has 0 aromatic carbocycles. The van der Waals surface area contributed by atoms with Crippen LogP contribution in [-0.2, 0) is 10.8 Å². The number of hydrogen-bond acceptors (Lipinski definition) is 2. The van der Waals surface area contributed by atoms with Crippen molar-refractivity contribution in [2.24, 2.45) is 0 Å². The Hall–Kier alpha value is -1.33. The van der Waals surface area contributed by atoms with E-state index in [2.05, 4.69) is 9.97 Å². The summed E-state index contributed by atoms with van der Waals surface area (Å²) in [5, 5.41) is 11.2. The number of rotatable bonds is 1. The van der Waals surface area contributed by atoms with E-state index in [4.69, 9.17) is 11.6 Å². The van der Waals surface area contributed by atoms with Crippen LogP contribution in [0.5, 0.6) is 0 Å². The molecule has 1 aliphatic carbocycles. The molecule has 1 aromatic rings. The van der Waals surface area contributed by atoms with Crippen LogP contribution in [0, 0.1) is 5.82 Å². The van der Waals surface area contributed by atoms with E-state index < -0.39 is 23.3 Å². The van der Waals surface area contributed by atoms with E-state index in [0.717, 1.165) is 18.3 Å². The van der Waals surface area contributed by atoms with Gasteiger partial charge in [0.1, 0.15) is 5.69 Å². The van der Waals surface area contributed by atoms with Gasteiger partial charge in [-0.25, -0.2) is 23.9 Å². The summed E-state index contributed by atoms with van der Waals surface area (Å²) >= 11 is 5.45. The molecule has 0 spiro atoms. The molecule has 1 aliphatic rings. The summed E-state index contributed by atoms with van der Waals surface area (Å²) in [6.45, 7) is 0. The summed E-state index contributed by atoms with van der Waals surface area (Å²) in [6, 6.07) is 0. The Labute approximate surface area is 95.1 Å². The molecule has 16 heavy (non-hydrogen) atoms. The Morgan fingerprint density at radius 1 is 1.44 bits per heavy atom. The SMILES string of the molecule is [O]C1C=CC=CC1(F)c1nc(Cl)ncc1F. The van der Waals surface area contributed by atoms with Crippen molar-refractivity contribution in [3.8, 4) is 0 Å². The summed E-state index contributed by atoms with van der Waals surface area (Å²) < 4.78 is 27.7. The topological polar surface area (TPSA) is 45.7 Å². The van der Waals surface area contributed by atoms with Gasteiger partial charge in [-0.1, -0.05) is 12.2 Å². The van der Waals surface area contributed by atoms with Crippen molar-refractivity contribution >= 4 is 11.6 Å². The Bertz CT molecular complexity index is 478. The maximum Gasteiger partial charge on any atom is 0.222 e. The predicted molar refractivity (Wildman–Crippen MR) is 52.5 cm³/mol. The average Bonchev–Trinajstić information content (AvgIpc) is 2.26. The van der Waals surface area contributed by atoms with Crippen molar-refractivity contribution in [1.29, 1.82) is 0 Å². The molecule has 3 nitrogen and oxygen atoms in total. The van der Waals surface area contributed by atoms with E-state index in [9.17, 15) is 13.9 Å². The van der Waals surface area contributed by atoms with E-state index in [-0.39, 0.29) is 5.28 Å². The zero-order chi connectivity index (χ0) is 11.8. The lowest BCUT2D eigenvalue weighted by atomic mass is 9.90. The second-order valence-corrected chi connectivity index (χ2v) is 3.61. The van der Waals surface area contributed by atoms with Gasteiger partial charge in [-0.2, -0.15) is 0 Å². The lowest BCUT2D eigenvalue weighted by molar-refractivity contribution is -0.000549. The molecule has 0 fully saturated rings. The zero-order valence-electron chi connectivity index (χ0n) is 7.90. The van der Waals surface area contributed by atoms with Crippen LogP contribution in [0.15, 0.2) is 30.5 Å². The van der Waals surface area contributed by atoms with Gasteiger partial charge >= 0.3 is 0 Å². The van der Waals surface area contributed by atoms with Gasteiger partial charge < -0.3 is 0 Å². The minimum atomic E-state index is -2.52. The first kappa shape index (κ1) is 11.2. The number of halogens is 3. The van der Waals surface area contributed by atoms with Gasteiger partial charge in [0, 0.05) is 0 Å². The highest BCUT2D eigenvalue weighted by Crippen LogP contribution is 2.35. The molecule has 0 N–H and O–H groups in total. The molecule has 2 rings (SSSR count). The third kappa shape index (κ3) is 1.72. The second-order valence-electron chi connectivity index (χ2n) is 3.27. The fourth-order valence-corrected chi connectivity index (χ4v) is 1.56. The highest BCUT2D eigenvalue weighted by Gasteiger charge is 2.42. The van der Waals surface area contributed by atoms with Crippen molar-refractivity contribution in [2.75, 3.05) is 0 Å². The number of hydrogen-bond donors (Lipinski definition) is 0. The van der Waals surface area contributed by atoms with E-state index in [1.165, 1.54) is 12.2 Å². The molecule has 1 aromatic heterocycles. The molecule has 0 saturated heterocycles. The second kappa shape index (κ2) is 3.92. The number of alkyl halides is 1. The van der Waals surface area contributed by atoms with Crippen LogP contribution in [0.2, 0.25) is 5.28 Å². The van der Waals surface area contributed by atoms with Crippen LogP contribution in [-0.4, -0.2) is 16.1 Å². The van der Waals surface area contributed by atoms with Crippen LogP contribution in [0.25, 0.3) is 0 Å².